The Labute approximate surface area is 119 Å². The Morgan fingerprint density at radius 1 is 1.45 bits per heavy atom. The van der Waals surface area contributed by atoms with Crippen LogP contribution in [0, 0.1) is 5.41 Å². The summed E-state index contributed by atoms with van der Waals surface area (Å²) < 4.78 is 10.2. The summed E-state index contributed by atoms with van der Waals surface area (Å²) in [6, 6.07) is 7.30. The van der Waals surface area contributed by atoms with Gasteiger partial charge in [0.1, 0.15) is 12.2 Å². The van der Waals surface area contributed by atoms with Crippen molar-refractivity contribution in [3.8, 4) is 5.75 Å². The molecule has 0 aliphatic carbocycles. The van der Waals surface area contributed by atoms with Crippen LogP contribution in [-0.4, -0.2) is 31.6 Å². The summed E-state index contributed by atoms with van der Waals surface area (Å²) in [7, 11) is -0.00355. The maximum Gasteiger partial charge on any atom is 0.355 e. The first kappa shape index (κ1) is 15.8. The number of nitrogens with one attached hydrogen (secondary N) is 1. The first-order chi connectivity index (χ1) is 9.67. The summed E-state index contributed by atoms with van der Waals surface area (Å²) in [5.74, 6) is -0.847. The SMILES string of the molecule is C=CCCOc1ccc(C[C@H](BOC=N)C(=O)O)cc1. The number of hydrogen-bond acceptors (Lipinski definition) is 4. The quantitative estimate of drug-likeness (QED) is 0.225. The highest BCUT2D eigenvalue weighted by molar-refractivity contribution is 6.38. The van der Waals surface area contributed by atoms with E-state index in [9.17, 15) is 4.79 Å². The lowest BCUT2D eigenvalue weighted by atomic mass is 9.76. The number of hydrogen-bond donors (Lipinski definition) is 2. The third-order valence-corrected chi connectivity index (χ3v) is 2.73. The molecule has 1 aromatic carbocycles. The molecule has 0 aliphatic heterocycles. The average molecular weight is 275 g/mol. The summed E-state index contributed by atoms with van der Waals surface area (Å²) in [6.45, 7) is 4.19. The van der Waals surface area contributed by atoms with Crippen LogP contribution in [0.3, 0.4) is 0 Å². The number of carbonyl (C=O) groups is 1. The molecule has 106 valence electrons. The Hall–Kier alpha value is -2.24. The highest BCUT2D eigenvalue weighted by Crippen LogP contribution is 2.18. The maximum absolute atomic E-state index is 11.1. The van der Waals surface area contributed by atoms with Crippen molar-refractivity contribution in [1.29, 1.82) is 5.41 Å². The van der Waals surface area contributed by atoms with Crippen LogP contribution in [0.1, 0.15) is 12.0 Å². The van der Waals surface area contributed by atoms with Crippen molar-refractivity contribution in [3.05, 3.63) is 42.5 Å². The predicted molar refractivity (Wildman–Crippen MR) is 78.9 cm³/mol. The highest BCUT2D eigenvalue weighted by atomic mass is 16.5. The molecule has 0 unspecified atom stereocenters. The van der Waals surface area contributed by atoms with Gasteiger partial charge in [0.15, 0.2) is 0 Å². The standard InChI is InChI=1S/C14H18BNO4/c1-2-3-8-19-12-6-4-11(5-7-12)9-13(14(17)18)15-20-10-16/h2,4-7,10,13,15-16H,1,3,8-9H2,(H,17,18)/t13-/m0/s1. The van der Waals surface area contributed by atoms with Crippen molar-refractivity contribution in [1.82, 2.24) is 0 Å². The summed E-state index contributed by atoms with van der Waals surface area (Å²) >= 11 is 0. The fourth-order valence-electron chi connectivity index (χ4n) is 1.65. The van der Waals surface area contributed by atoms with E-state index < -0.39 is 11.8 Å². The van der Waals surface area contributed by atoms with Crippen molar-refractivity contribution < 1.29 is 19.3 Å². The average Bonchev–Trinajstić information content (AvgIpc) is 2.45. The normalized spacial score (nSPS) is 11.2. The molecule has 0 aliphatic rings. The van der Waals surface area contributed by atoms with Crippen LogP contribution in [0.25, 0.3) is 0 Å². The fraction of sp³-hybridized carbons (Fsp3) is 0.286. The number of benzene rings is 1. The lowest BCUT2D eigenvalue weighted by Gasteiger charge is -2.10. The Kier molecular flexibility index (Phi) is 6.96. The molecule has 0 heterocycles. The zero-order valence-corrected chi connectivity index (χ0v) is 11.2. The minimum atomic E-state index is -0.932. The predicted octanol–water partition coefficient (Wildman–Crippen LogP) is 2.03. The van der Waals surface area contributed by atoms with Crippen LogP contribution in [0.5, 0.6) is 5.75 Å². The number of aliphatic carboxylic acids is 1. The van der Waals surface area contributed by atoms with E-state index in [1.807, 2.05) is 24.3 Å². The van der Waals surface area contributed by atoms with Crippen LogP contribution in [0.4, 0.5) is 0 Å². The van der Waals surface area contributed by atoms with Crippen LogP contribution in [-0.2, 0) is 15.9 Å². The van der Waals surface area contributed by atoms with Gasteiger partial charge in [0.05, 0.1) is 12.4 Å². The molecule has 0 saturated carbocycles. The number of rotatable bonds is 10. The van der Waals surface area contributed by atoms with Crippen LogP contribution in [0.2, 0.25) is 5.82 Å². The Morgan fingerprint density at radius 2 is 2.15 bits per heavy atom. The number of carboxylic acids is 1. The van der Waals surface area contributed by atoms with Crippen molar-refractivity contribution in [2.24, 2.45) is 0 Å². The second-order valence-electron chi connectivity index (χ2n) is 4.26. The number of carboxylic acid groups (broad SMARTS) is 1. The molecule has 6 heteroatoms. The van der Waals surface area contributed by atoms with Gasteiger partial charge < -0.3 is 14.5 Å². The van der Waals surface area contributed by atoms with E-state index in [1.165, 1.54) is 0 Å². The summed E-state index contributed by atoms with van der Waals surface area (Å²) in [6.07, 6.45) is 3.68. The Bertz CT molecular complexity index is 447. The van der Waals surface area contributed by atoms with Gasteiger partial charge >= 0.3 is 13.5 Å². The largest absolute Gasteiger partial charge is 0.556 e. The van der Waals surface area contributed by atoms with Crippen molar-refractivity contribution in [3.63, 3.8) is 0 Å². The summed E-state index contributed by atoms with van der Waals surface area (Å²) in [5.41, 5.74) is 0.891. The molecule has 0 fully saturated rings. The van der Waals surface area contributed by atoms with E-state index in [2.05, 4.69) is 6.58 Å². The molecule has 0 amide bonds. The molecule has 0 saturated heterocycles. The minimum absolute atomic E-state index is 0.00355. The van der Waals surface area contributed by atoms with Gasteiger partial charge in [-0.15, -0.1) is 6.58 Å². The highest BCUT2D eigenvalue weighted by Gasteiger charge is 2.21. The van der Waals surface area contributed by atoms with Gasteiger partial charge in [-0.2, -0.15) is 0 Å². The Balaban J connectivity index is 2.55. The summed E-state index contributed by atoms with van der Waals surface area (Å²) in [4.78, 5) is 11.1. The van der Waals surface area contributed by atoms with E-state index in [0.717, 1.165) is 24.1 Å². The lowest BCUT2D eigenvalue weighted by molar-refractivity contribution is -0.137. The molecule has 0 spiro atoms. The van der Waals surface area contributed by atoms with Crippen LogP contribution < -0.4 is 4.74 Å². The monoisotopic (exact) mass is 275 g/mol. The van der Waals surface area contributed by atoms with Gasteiger partial charge in [0.25, 0.3) is 0 Å². The van der Waals surface area contributed by atoms with Gasteiger partial charge in [0, 0.05) is 0 Å². The molecular formula is C14H18BNO4. The van der Waals surface area contributed by atoms with Gasteiger partial charge in [-0.1, -0.05) is 18.2 Å². The van der Waals surface area contributed by atoms with Gasteiger partial charge in [-0.05, 0) is 30.5 Å². The van der Waals surface area contributed by atoms with E-state index in [0.29, 0.717) is 13.0 Å². The molecule has 1 atom stereocenters. The van der Waals surface area contributed by atoms with E-state index in [-0.39, 0.29) is 7.48 Å². The lowest BCUT2D eigenvalue weighted by Crippen LogP contribution is -2.19. The molecular weight excluding hydrogens is 257 g/mol. The van der Waals surface area contributed by atoms with Crippen LogP contribution in [0.15, 0.2) is 36.9 Å². The Morgan fingerprint density at radius 3 is 2.70 bits per heavy atom. The molecule has 0 aromatic heterocycles. The molecule has 1 rings (SSSR count). The number of ether oxygens (including phenoxy) is 1. The maximum atomic E-state index is 11.1. The van der Waals surface area contributed by atoms with Gasteiger partial charge in [-0.25, -0.2) is 0 Å². The minimum Gasteiger partial charge on any atom is -0.556 e. The molecule has 20 heavy (non-hydrogen) atoms. The van der Waals surface area contributed by atoms with Crippen molar-refractivity contribution in [2.45, 2.75) is 18.7 Å². The van der Waals surface area contributed by atoms with Gasteiger partial charge in [0.2, 0.25) is 0 Å². The molecule has 2 N–H and O–H groups in total. The first-order valence-corrected chi connectivity index (χ1v) is 6.33. The van der Waals surface area contributed by atoms with E-state index in [4.69, 9.17) is 19.9 Å². The molecule has 5 nitrogen and oxygen atoms in total. The first-order valence-electron chi connectivity index (χ1n) is 6.33. The zero-order valence-electron chi connectivity index (χ0n) is 11.2. The van der Waals surface area contributed by atoms with Crippen molar-refractivity contribution in [2.75, 3.05) is 6.61 Å². The zero-order chi connectivity index (χ0) is 14.8. The van der Waals surface area contributed by atoms with Gasteiger partial charge in [-0.3, -0.25) is 10.2 Å². The second-order valence-corrected chi connectivity index (χ2v) is 4.26. The second kappa shape index (κ2) is 8.80. The topological polar surface area (TPSA) is 79.6 Å². The summed E-state index contributed by atoms with van der Waals surface area (Å²) in [5, 5.41) is 15.8. The third kappa shape index (κ3) is 5.60. The fourth-order valence-corrected chi connectivity index (χ4v) is 1.65. The molecule has 0 radical (unpaired) electrons. The smallest absolute Gasteiger partial charge is 0.355 e. The molecule has 0 bridgehead atoms. The van der Waals surface area contributed by atoms with Crippen molar-refractivity contribution >= 4 is 19.9 Å². The molecule has 1 aromatic rings. The van der Waals surface area contributed by atoms with E-state index in [1.54, 1.807) is 6.08 Å². The van der Waals surface area contributed by atoms with E-state index >= 15 is 0 Å². The van der Waals surface area contributed by atoms with Crippen LogP contribution >= 0.6 is 0 Å². The third-order valence-electron chi connectivity index (χ3n) is 2.73.